The third-order valence-corrected chi connectivity index (χ3v) is 5.69. The molecule has 1 aliphatic carbocycles. The summed E-state index contributed by atoms with van der Waals surface area (Å²) in [6.07, 6.45) is 5.43. The van der Waals surface area contributed by atoms with Crippen LogP contribution >= 0.6 is 0 Å². The maximum atomic E-state index is 13.0. The molecule has 5 nitrogen and oxygen atoms in total. The highest BCUT2D eigenvalue weighted by Gasteiger charge is 2.30. The zero-order valence-corrected chi connectivity index (χ0v) is 17.0. The molecule has 1 aliphatic heterocycles. The fraction of sp³-hybridized carbons (Fsp3) is 0.417. The second kappa shape index (κ2) is 8.68. The predicted molar refractivity (Wildman–Crippen MR) is 116 cm³/mol. The zero-order chi connectivity index (χ0) is 20.2. The van der Waals surface area contributed by atoms with Gasteiger partial charge in [-0.3, -0.25) is 9.59 Å². The first kappa shape index (κ1) is 19.5. The monoisotopic (exact) mass is 391 g/mol. The molecule has 2 N–H and O–H groups in total. The molecule has 1 heterocycles. The van der Waals surface area contributed by atoms with Gasteiger partial charge >= 0.3 is 0 Å². The van der Waals surface area contributed by atoms with Crippen molar-refractivity contribution in [3.63, 3.8) is 0 Å². The predicted octanol–water partition coefficient (Wildman–Crippen LogP) is 4.26. The standard InChI is InChI=1S/C24H29N3O2/c1-17-6-5-7-18(14-17)16-25-24(29)21-11-10-20(26-23(28)19-8-9-19)15-22(21)27-12-3-2-4-13-27/h5-7,10-11,14-15,19H,2-4,8-9,12-13,16H2,1H3,(H,25,29)(H,26,28). The van der Waals surface area contributed by atoms with E-state index in [0.717, 1.165) is 55.7 Å². The minimum Gasteiger partial charge on any atom is -0.371 e. The Morgan fingerprint density at radius 2 is 1.83 bits per heavy atom. The van der Waals surface area contributed by atoms with Crippen LogP contribution in [0, 0.1) is 12.8 Å². The number of benzene rings is 2. The van der Waals surface area contributed by atoms with E-state index in [1.54, 1.807) is 0 Å². The Labute approximate surface area is 172 Å². The molecular weight excluding hydrogens is 362 g/mol. The van der Waals surface area contributed by atoms with Crippen molar-refractivity contribution < 1.29 is 9.59 Å². The number of aryl methyl sites for hydroxylation is 1. The minimum atomic E-state index is -0.0767. The largest absolute Gasteiger partial charge is 0.371 e. The molecule has 0 bridgehead atoms. The smallest absolute Gasteiger partial charge is 0.253 e. The SMILES string of the molecule is Cc1cccc(CNC(=O)c2ccc(NC(=O)C3CC3)cc2N2CCCCC2)c1. The molecule has 2 aliphatic rings. The van der Waals surface area contributed by atoms with Gasteiger partial charge in [0.15, 0.2) is 0 Å². The van der Waals surface area contributed by atoms with E-state index < -0.39 is 0 Å². The Morgan fingerprint density at radius 3 is 2.55 bits per heavy atom. The number of carbonyl (C=O) groups is 2. The molecule has 0 aromatic heterocycles. The van der Waals surface area contributed by atoms with Crippen molar-refractivity contribution in [2.75, 3.05) is 23.3 Å². The third kappa shape index (κ3) is 4.97. The Kier molecular flexibility index (Phi) is 5.84. The summed E-state index contributed by atoms with van der Waals surface area (Å²) in [6, 6.07) is 13.8. The van der Waals surface area contributed by atoms with Gasteiger partial charge in [0.25, 0.3) is 5.91 Å². The van der Waals surface area contributed by atoms with Crippen LogP contribution in [0.1, 0.15) is 53.6 Å². The van der Waals surface area contributed by atoms with Gasteiger partial charge in [0.2, 0.25) is 5.91 Å². The fourth-order valence-electron chi connectivity index (χ4n) is 3.89. The quantitative estimate of drug-likeness (QED) is 0.773. The van der Waals surface area contributed by atoms with E-state index in [-0.39, 0.29) is 17.7 Å². The van der Waals surface area contributed by atoms with Crippen LogP contribution in [0.5, 0.6) is 0 Å². The lowest BCUT2D eigenvalue weighted by Crippen LogP contribution is -2.33. The number of nitrogens with one attached hydrogen (secondary N) is 2. The first-order valence-electron chi connectivity index (χ1n) is 10.6. The Balaban J connectivity index is 1.53. The highest BCUT2D eigenvalue weighted by Crippen LogP contribution is 2.32. The number of anilines is 2. The van der Waals surface area contributed by atoms with E-state index in [4.69, 9.17) is 0 Å². The molecule has 1 saturated heterocycles. The van der Waals surface area contributed by atoms with Gasteiger partial charge < -0.3 is 15.5 Å². The molecule has 2 aromatic rings. The maximum absolute atomic E-state index is 13.0. The molecular formula is C24H29N3O2. The number of amides is 2. The molecule has 2 aromatic carbocycles. The van der Waals surface area contributed by atoms with Gasteiger partial charge in [-0.2, -0.15) is 0 Å². The van der Waals surface area contributed by atoms with Crippen molar-refractivity contribution in [3.8, 4) is 0 Å². The Bertz CT molecular complexity index is 899. The van der Waals surface area contributed by atoms with E-state index in [1.165, 1.54) is 12.0 Å². The highest BCUT2D eigenvalue weighted by atomic mass is 16.2. The number of rotatable bonds is 6. The van der Waals surface area contributed by atoms with Crippen LogP contribution in [-0.4, -0.2) is 24.9 Å². The molecule has 2 fully saturated rings. The van der Waals surface area contributed by atoms with Gasteiger partial charge in [-0.05, 0) is 62.8 Å². The van der Waals surface area contributed by atoms with Crippen molar-refractivity contribution >= 4 is 23.2 Å². The van der Waals surface area contributed by atoms with Crippen LogP contribution in [0.15, 0.2) is 42.5 Å². The van der Waals surface area contributed by atoms with Crippen LogP contribution in [0.25, 0.3) is 0 Å². The van der Waals surface area contributed by atoms with Crippen molar-refractivity contribution in [2.24, 2.45) is 5.92 Å². The summed E-state index contributed by atoms with van der Waals surface area (Å²) >= 11 is 0. The average molecular weight is 392 g/mol. The highest BCUT2D eigenvalue weighted by molar-refractivity contribution is 6.02. The van der Waals surface area contributed by atoms with Crippen molar-refractivity contribution in [1.82, 2.24) is 5.32 Å². The van der Waals surface area contributed by atoms with Crippen molar-refractivity contribution in [3.05, 3.63) is 59.2 Å². The number of carbonyl (C=O) groups excluding carboxylic acids is 2. The number of piperidine rings is 1. The van der Waals surface area contributed by atoms with Crippen LogP contribution in [0.3, 0.4) is 0 Å². The first-order chi connectivity index (χ1) is 14.1. The summed E-state index contributed by atoms with van der Waals surface area (Å²) in [7, 11) is 0. The van der Waals surface area contributed by atoms with E-state index in [0.29, 0.717) is 12.1 Å². The number of hydrogen-bond donors (Lipinski definition) is 2. The van der Waals surface area contributed by atoms with Gasteiger partial charge in [0.05, 0.1) is 11.3 Å². The van der Waals surface area contributed by atoms with Crippen molar-refractivity contribution in [2.45, 2.75) is 45.6 Å². The van der Waals surface area contributed by atoms with E-state index in [2.05, 4.69) is 34.6 Å². The van der Waals surface area contributed by atoms with Crippen LogP contribution in [-0.2, 0) is 11.3 Å². The van der Waals surface area contributed by atoms with E-state index >= 15 is 0 Å². The van der Waals surface area contributed by atoms with Gasteiger partial charge in [0, 0.05) is 31.2 Å². The lowest BCUT2D eigenvalue weighted by Gasteiger charge is -2.30. The lowest BCUT2D eigenvalue weighted by molar-refractivity contribution is -0.117. The molecule has 0 unspecified atom stereocenters. The molecule has 152 valence electrons. The molecule has 0 radical (unpaired) electrons. The summed E-state index contributed by atoms with van der Waals surface area (Å²) in [5.74, 6) is 0.170. The molecule has 5 heteroatoms. The van der Waals surface area contributed by atoms with Crippen LogP contribution in [0.2, 0.25) is 0 Å². The maximum Gasteiger partial charge on any atom is 0.253 e. The zero-order valence-electron chi connectivity index (χ0n) is 17.0. The summed E-state index contributed by atoms with van der Waals surface area (Å²) in [5, 5.41) is 6.07. The molecule has 29 heavy (non-hydrogen) atoms. The minimum absolute atomic E-state index is 0.0767. The van der Waals surface area contributed by atoms with E-state index in [1.807, 2.05) is 30.3 Å². The molecule has 2 amide bonds. The topological polar surface area (TPSA) is 61.4 Å². The van der Waals surface area contributed by atoms with E-state index in [9.17, 15) is 9.59 Å². The van der Waals surface area contributed by atoms with Crippen LogP contribution in [0.4, 0.5) is 11.4 Å². The first-order valence-corrected chi connectivity index (χ1v) is 10.6. The molecule has 1 saturated carbocycles. The average Bonchev–Trinajstić information content (AvgIpc) is 3.58. The summed E-state index contributed by atoms with van der Waals surface area (Å²) in [6.45, 7) is 4.44. The molecule has 0 spiro atoms. The molecule has 0 atom stereocenters. The van der Waals surface area contributed by atoms with Gasteiger partial charge in [-0.15, -0.1) is 0 Å². The summed E-state index contributed by atoms with van der Waals surface area (Å²) in [4.78, 5) is 27.4. The number of nitrogens with zero attached hydrogens (tertiary/aromatic N) is 1. The number of hydrogen-bond acceptors (Lipinski definition) is 3. The Morgan fingerprint density at radius 1 is 1.03 bits per heavy atom. The summed E-state index contributed by atoms with van der Waals surface area (Å²) < 4.78 is 0. The van der Waals surface area contributed by atoms with Gasteiger partial charge in [-0.1, -0.05) is 29.8 Å². The van der Waals surface area contributed by atoms with Gasteiger partial charge in [-0.25, -0.2) is 0 Å². The Hall–Kier alpha value is -2.82. The van der Waals surface area contributed by atoms with Crippen LogP contribution < -0.4 is 15.5 Å². The van der Waals surface area contributed by atoms with Gasteiger partial charge in [0.1, 0.15) is 0 Å². The van der Waals surface area contributed by atoms with Crippen molar-refractivity contribution in [1.29, 1.82) is 0 Å². The lowest BCUT2D eigenvalue weighted by atomic mass is 10.1. The molecule has 4 rings (SSSR count). The normalized spacial score (nSPS) is 16.4. The fourth-order valence-corrected chi connectivity index (χ4v) is 3.89. The third-order valence-electron chi connectivity index (χ3n) is 5.69. The second-order valence-electron chi connectivity index (χ2n) is 8.21. The summed E-state index contributed by atoms with van der Waals surface area (Å²) in [5.41, 5.74) is 4.63. The second-order valence-corrected chi connectivity index (χ2v) is 8.21.